The maximum absolute atomic E-state index is 12.9. The first kappa shape index (κ1) is 22.2. The zero-order valence-corrected chi connectivity index (χ0v) is 17.7. The molecule has 1 aliphatic carbocycles. The minimum Gasteiger partial charge on any atom is -0.484 e. The molecular weight excluding hydrogens is 434 g/mol. The highest BCUT2D eigenvalue weighted by Crippen LogP contribution is 2.32. The quantitative estimate of drug-likeness (QED) is 0.636. The minimum atomic E-state index is -0.423. The summed E-state index contributed by atoms with van der Waals surface area (Å²) in [5, 5.41) is 6.52. The first-order valence-electron chi connectivity index (χ1n) is 9.29. The Kier molecular flexibility index (Phi) is 7.05. The van der Waals surface area contributed by atoms with Crippen molar-refractivity contribution in [3.05, 3.63) is 58.3 Å². The van der Waals surface area contributed by atoms with Crippen molar-refractivity contribution in [1.82, 2.24) is 10.6 Å². The van der Waals surface area contributed by atoms with Crippen LogP contribution in [0.5, 0.6) is 11.5 Å². The average molecular weight is 455 g/mol. The van der Waals surface area contributed by atoms with Gasteiger partial charge in [0, 0.05) is 17.6 Å². The molecule has 2 amide bonds. The van der Waals surface area contributed by atoms with Gasteiger partial charge in [0.2, 0.25) is 0 Å². The number of hydrogen-bond donors (Lipinski definition) is 2. The predicted octanol–water partition coefficient (Wildman–Crippen LogP) is 3.74. The Labute approximate surface area is 183 Å². The van der Waals surface area contributed by atoms with Gasteiger partial charge in [-0.1, -0.05) is 23.2 Å². The second kappa shape index (κ2) is 9.53. The smallest absolute Gasteiger partial charge is 0.258 e. The topological polar surface area (TPSA) is 76.7 Å². The van der Waals surface area contributed by atoms with Crippen molar-refractivity contribution in [3.63, 3.8) is 0 Å². The van der Waals surface area contributed by atoms with Crippen LogP contribution in [0.3, 0.4) is 0 Å². The van der Waals surface area contributed by atoms with E-state index in [0.717, 1.165) is 0 Å². The molecule has 0 atom stereocenters. The molecule has 160 valence electrons. The van der Waals surface area contributed by atoms with E-state index < -0.39 is 5.54 Å². The van der Waals surface area contributed by atoms with E-state index in [9.17, 15) is 14.0 Å². The lowest BCUT2D eigenvalue weighted by Gasteiger charge is -2.45. The molecule has 2 aromatic rings. The van der Waals surface area contributed by atoms with Crippen molar-refractivity contribution in [1.29, 1.82) is 0 Å². The van der Waals surface area contributed by atoms with Gasteiger partial charge in [0.25, 0.3) is 11.8 Å². The first-order valence-corrected chi connectivity index (χ1v) is 10.0. The predicted molar refractivity (Wildman–Crippen MR) is 112 cm³/mol. The molecule has 0 heterocycles. The third kappa shape index (κ3) is 6.24. The highest BCUT2D eigenvalue weighted by molar-refractivity contribution is 6.42. The molecule has 3 rings (SSSR count). The van der Waals surface area contributed by atoms with E-state index in [0.29, 0.717) is 34.4 Å². The molecule has 2 aromatic carbocycles. The van der Waals surface area contributed by atoms with Crippen molar-refractivity contribution in [2.45, 2.75) is 31.3 Å². The summed E-state index contributed by atoms with van der Waals surface area (Å²) in [6.07, 6.45) is 1.18. The van der Waals surface area contributed by atoms with Crippen molar-refractivity contribution >= 4 is 35.0 Å². The Morgan fingerprint density at radius 2 is 1.60 bits per heavy atom. The molecule has 6 nitrogen and oxygen atoms in total. The van der Waals surface area contributed by atoms with Crippen LogP contribution in [0.4, 0.5) is 4.39 Å². The first-order chi connectivity index (χ1) is 14.2. The van der Waals surface area contributed by atoms with Crippen LogP contribution < -0.4 is 20.1 Å². The fraction of sp³-hybridized carbons (Fsp3) is 0.333. The molecule has 0 radical (unpaired) electrons. The number of halogens is 3. The SMILES string of the molecule is CC1(NC(=O)COc2ccc(Cl)c(Cl)c2)CC(NC(=O)COc2ccc(F)cc2)C1. The number of carbonyl (C=O) groups excluding carboxylic acids is 2. The van der Waals surface area contributed by atoms with Gasteiger partial charge in [-0.25, -0.2) is 4.39 Å². The van der Waals surface area contributed by atoms with Gasteiger partial charge in [-0.2, -0.15) is 0 Å². The summed E-state index contributed by atoms with van der Waals surface area (Å²) in [6.45, 7) is 1.58. The van der Waals surface area contributed by atoms with Crippen molar-refractivity contribution < 1.29 is 23.5 Å². The maximum Gasteiger partial charge on any atom is 0.258 e. The second-order valence-corrected chi connectivity index (χ2v) is 8.20. The largest absolute Gasteiger partial charge is 0.484 e. The third-order valence-electron chi connectivity index (χ3n) is 4.64. The molecule has 30 heavy (non-hydrogen) atoms. The van der Waals surface area contributed by atoms with E-state index in [2.05, 4.69) is 10.6 Å². The highest BCUT2D eigenvalue weighted by atomic mass is 35.5. The molecule has 0 aliphatic heterocycles. The number of amides is 2. The molecule has 1 saturated carbocycles. The monoisotopic (exact) mass is 454 g/mol. The van der Waals surface area contributed by atoms with Crippen LogP contribution in [-0.2, 0) is 9.59 Å². The lowest BCUT2D eigenvalue weighted by Crippen LogP contribution is -2.62. The van der Waals surface area contributed by atoms with Crippen molar-refractivity contribution in [2.24, 2.45) is 0 Å². The summed E-state index contributed by atoms with van der Waals surface area (Å²) >= 11 is 11.8. The van der Waals surface area contributed by atoms with Crippen LogP contribution in [0.1, 0.15) is 19.8 Å². The number of hydrogen-bond acceptors (Lipinski definition) is 4. The average Bonchev–Trinajstić information content (AvgIpc) is 2.67. The summed E-state index contributed by atoms with van der Waals surface area (Å²) < 4.78 is 23.6. The van der Waals surface area contributed by atoms with Crippen LogP contribution in [0.15, 0.2) is 42.5 Å². The molecule has 1 fully saturated rings. The zero-order valence-electron chi connectivity index (χ0n) is 16.2. The van der Waals surface area contributed by atoms with Gasteiger partial charge in [0.05, 0.1) is 10.0 Å². The Morgan fingerprint density at radius 1 is 1.00 bits per heavy atom. The zero-order chi connectivity index (χ0) is 21.7. The van der Waals surface area contributed by atoms with Crippen molar-refractivity contribution in [3.8, 4) is 11.5 Å². The van der Waals surface area contributed by atoms with Gasteiger partial charge in [0.15, 0.2) is 13.2 Å². The van der Waals surface area contributed by atoms with E-state index in [1.54, 1.807) is 18.2 Å². The van der Waals surface area contributed by atoms with Gasteiger partial charge >= 0.3 is 0 Å². The highest BCUT2D eigenvalue weighted by Gasteiger charge is 2.42. The molecule has 0 aromatic heterocycles. The van der Waals surface area contributed by atoms with Crippen LogP contribution in [0, 0.1) is 5.82 Å². The molecular formula is C21H21Cl2FN2O4. The second-order valence-electron chi connectivity index (χ2n) is 7.39. The number of rotatable bonds is 8. The van der Waals surface area contributed by atoms with Gasteiger partial charge < -0.3 is 20.1 Å². The van der Waals surface area contributed by atoms with Gasteiger partial charge in [0.1, 0.15) is 17.3 Å². The normalized spacial score (nSPS) is 20.1. The Balaban J connectivity index is 1.35. The lowest BCUT2D eigenvalue weighted by atomic mass is 9.74. The molecule has 2 N–H and O–H groups in total. The van der Waals surface area contributed by atoms with Crippen molar-refractivity contribution in [2.75, 3.05) is 13.2 Å². The maximum atomic E-state index is 12.9. The van der Waals surface area contributed by atoms with E-state index in [-0.39, 0.29) is 36.9 Å². The Morgan fingerprint density at radius 3 is 2.27 bits per heavy atom. The summed E-state index contributed by atoms with van der Waals surface area (Å²) in [4.78, 5) is 24.2. The Hall–Kier alpha value is -2.51. The molecule has 9 heteroatoms. The summed E-state index contributed by atoms with van der Waals surface area (Å²) in [7, 11) is 0. The third-order valence-corrected chi connectivity index (χ3v) is 5.38. The Bertz CT molecular complexity index is 918. The summed E-state index contributed by atoms with van der Waals surface area (Å²) in [5.74, 6) is -0.0533. The molecule has 0 unspecified atom stereocenters. The van der Waals surface area contributed by atoms with Gasteiger partial charge in [-0.3, -0.25) is 9.59 Å². The van der Waals surface area contributed by atoms with E-state index in [1.165, 1.54) is 24.3 Å². The van der Waals surface area contributed by atoms with Crippen LogP contribution in [0.25, 0.3) is 0 Å². The van der Waals surface area contributed by atoms with Crippen LogP contribution in [0.2, 0.25) is 10.0 Å². The minimum absolute atomic E-state index is 0.0596. The van der Waals surface area contributed by atoms with Crippen LogP contribution >= 0.6 is 23.2 Å². The van der Waals surface area contributed by atoms with Crippen LogP contribution in [-0.4, -0.2) is 36.6 Å². The molecule has 1 aliphatic rings. The summed E-state index contributed by atoms with van der Waals surface area (Å²) in [6, 6.07) is 10.1. The molecule has 0 spiro atoms. The molecule has 0 saturated heterocycles. The van der Waals surface area contributed by atoms with E-state index >= 15 is 0 Å². The number of ether oxygens (including phenoxy) is 2. The fourth-order valence-electron chi connectivity index (χ4n) is 3.27. The van der Waals surface area contributed by atoms with Gasteiger partial charge in [-0.15, -0.1) is 0 Å². The standard InChI is InChI=1S/C21H21Cl2FN2O4/c1-21(26-20(28)12-30-16-6-7-17(22)18(23)8-16)9-14(10-21)25-19(27)11-29-15-4-2-13(24)3-5-15/h2-8,14H,9-12H2,1H3,(H,25,27)(H,26,28). The van der Waals surface area contributed by atoms with E-state index in [4.69, 9.17) is 32.7 Å². The number of nitrogens with one attached hydrogen (secondary N) is 2. The fourth-order valence-corrected chi connectivity index (χ4v) is 3.56. The molecule has 0 bridgehead atoms. The summed E-state index contributed by atoms with van der Waals surface area (Å²) in [5.41, 5.74) is -0.423. The van der Waals surface area contributed by atoms with Gasteiger partial charge in [-0.05, 0) is 56.2 Å². The number of carbonyl (C=O) groups is 2. The van der Waals surface area contributed by atoms with E-state index in [1.807, 2.05) is 6.92 Å². The number of benzene rings is 2. The lowest BCUT2D eigenvalue weighted by molar-refractivity contribution is -0.127.